The van der Waals surface area contributed by atoms with Gasteiger partial charge in [-0.15, -0.1) is 0 Å². The van der Waals surface area contributed by atoms with Crippen LogP contribution in [0, 0.1) is 13.8 Å². The van der Waals surface area contributed by atoms with Crippen molar-refractivity contribution in [2.24, 2.45) is 0 Å². The van der Waals surface area contributed by atoms with Gasteiger partial charge in [-0.3, -0.25) is 9.69 Å². The summed E-state index contributed by atoms with van der Waals surface area (Å²) < 4.78 is 0. The predicted molar refractivity (Wildman–Crippen MR) is 88.0 cm³/mol. The van der Waals surface area contributed by atoms with Crippen LogP contribution in [0.25, 0.3) is 0 Å². The van der Waals surface area contributed by atoms with Gasteiger partial charge in [0.05, 0.1) is 17.3 Å². The van der Waals surface area contributed by atoms with Gasteiger partial charge in [0.1, 0.15) is 0 Å². The number of aliphatic hydroxyl groups excluding tert-OH is 1. The van der Waals surface area contributed by atoms with E-state index in [1.54, 1.807) is 0 Å². The zero-order valence-electron chi connectivity index (χ0n) is 13.1. The number of anilines is 1. The maximum absolute atomic E-state index is 12.0. The number of nitrogens with zero attached hydrogens (tertiary/aromatic N) is 1. The van der Waals surface area contributed by atoms with E-state index in [1.807, 2.05) is 37.9 Å². The molecule has 2 N–H and O–H groups in total. The SMILES string of the molecule is Cc1cc(C)c(NC(=O)CN(C)CCCCCO)c(Cl)c1. The Morgan fingerprint density at radius 3 is 2.62 bits per heavy atom. The zero-order chi connectivity index (χ0) is 15.8. The van der Waals surface area contributed by atoms with Crippen molar-refractivity contribution < 1.29 is 9.90 Å². The average molecular weight is 313 g/mol. The molecule has 5 heteroatoms. The van der Waals surface area contributed by atoms with Crippen LogP contribution >= 0.6 is 11.6 Å². The molecule has 0 saturated carbocycles. The number of aliphatic hydroxyl groups is 1. The summed E-state index contributed by atoms with van der Waals surface area (Å²) in [6.07, 6.45) is 2.78. The van der Waals surface area contributed by atoms with E-state index in [9.17, 15) is 4.79 Å². The van der Waals surface area contributed by atoms with Crippen molar-refractivity contribution in [2.75, 3.05) is 32.1 Å². The molecule has 0 heterocycles. The number of likely N-dealkylation sites (N-methyl/N-ethyl adjacent to an activating group) is 1. The fourth-order valence-electron chi connectivity index (χ4n) is 2.25. The van der Waals surface area contributed by atoms with Crippen molar-refractivity contribution in [1.29, 1.82) is 0 Å². The lowest BCUT2D eigenvalue weighted by Crippen LogP contribution is -2.31. The second kappa shape index (κ2) is 9.03. The molecule has 0 spiro atoms. The highest BCUT2D eigenvalue weighted by molar-refractivity contribution is 6.34. The second-order valence-corrected chi connectivity index (χ2v) is 5.92. The molecular formula is C16H25ClN2O2. The normalized spacial score (nSPS) is 11.0. The third-order valence-electron chi connectivity index (χ3n) is 3.31. The predicted octanol–water partition coefficient (Wildman–Crippen LogP) is 2.99. The van der Waals surface area contributed by atoms with E-state index in [-0.39, 0.29) is 12.5 Å². The monoisotopic (exact) mass is 312 g/mol. The van der Waals surface area contributed by atoms with Gasteiger partial charge in [0.15, 0.2) is 0 Å². The van der Waals surface area contributed by atoms with Crippen LogP contribution in [0.3, 0.4) is 0 Å². The Kier molecular flexibility index (Phi) is 7.72. The molecule has 0 aliphatic carbocycles. The summed E-state index contributed by atoms with van der Waals surface area (Å²) in [5, 5.41) is 12.2. The number of nitrogens with one attached hydrogen (secondary N) is 1. The van der Waals surface area contributed by atoms with E-state index >= 15 is 0 Å². The van der Waals surface area contributed by atoms with Crippen LogP contribution in [-0.2, 0) is 4.79 Å². The molecule has 0 bridgehead atoms. The van der Waals surface area contributed by atoms with E-state index in [2.05, 4.69) is 5.32 Å². The quantitative estimate of drug-likeness (QED) is 0.726. The third-order valence-corrected chi connectivity index (χ3v) is 3.61. The van der Waals surface area contributed by atoms with Gasteiger partial charge in [0.25, 0.3) is 0 Å². The number of hydrogen-bond acceptors (Lipinski definition) is 3. The van der Waals surface area contributed by atoms with Crippen molar-refractivity contribution >= 4 is 23.2 Å². The molecule has 1 aromatic carbocycles. The largest absolute Gasteiger partial charge is 0.396 e. The molecule has 21 heavy (non-hydrogen) atoms. The van der Waals surface area contributed by atoms with Gasteiger partial charge in [-0.1, -0.05) is 17.7 Å². The summed E-state index contributed by atoms with van der Waals surface area (Å²) >= 11 is 6.18. The number of hydrogen-bond donors (Lipinski definition) is 2. The standard InChI is InChI=1S/C16H25ClN2O2/c1-12-9-13(2)16(14(17)10-12)18-15(21)11-19(3)7-5-4-6-8-20/h9-10,20H,4-8,11H2,1-3H3,(H,18,21). The summed E-state index contributed by atoms with van der Waals surface area (Å²) in [6, 6.07) is 3.85. The first-order valence-electron chi connectivity index (χ1n) is 7.30. The highest BCUT2D eigenvalue weighted by atomic mass is 35.5. The van der Waals surface area contributed by atoms with Gasteiger partial charge in [-0.2, -0.15) is 0 Å². The summed E-state index contributed by atoms with van der Waals surface area (Å²) in [5.41, 5.74) is 2.75. The number of benzene rings is 1. The van der Waals surface area contributed by atoms with Crippen LogP contribution in [0.15, 0.2) is 12.1 Å². The minimum absolute atomic E-state index is 0.0616. The lowest BCUT2D eigenvalue weighted by Gasteiger charge is -2.17. The molecule has 1 amide bonds. The smallest absolute Gasteiger partial charge is 0.238 e. The fourth-order valence-corrected chi connectivity index (χ4v) is 2.62. The molecule has 0 aliphatic heterocycles. The van der Waals surface area contributed by atoms with Crippen molar-refractivity contribution in [1.82, 2.24) is 4.90 Å². The Balaban J connectivity index is 2.47. The Morgan fingerprint density at radius 2 is 2.00 bits per heavy atom. The van der Waals surface area contributed by atoms with Crippen LogP contribution in [-0.4, -0.2) is 42.7 Å². The molecule has 0 unspecified atom stereocenters. The van der Waals surface area contributed by atoms with Gasteiger partial charge in [-0.05, 0) is 63.9 Å². The molecule has 118 valence electrons. The van der Waals surface area contributed by atoms with Crippen molar-refractivity contribution in [3.63, 3.8) is 0 Å². The molecule has 0 atom stereocenters. The molecule has 0 fully saturated rings. The number of unbranched alkanes of at least 4 members (excludes halogenated alkanes) is 2. The van der Waals surface area contributed by atoms with Crippen LogP contribution < -0.4 is 5.32 Å². The third kappa shape index (κ3) is 6.46. The minimum Gasteiger partial charge on any atom is -0.396 e. The van der Waals surface area contributed by atoms with Crippen molar-refractivity contribution in [2.45, 2.75) is 33.1 Å². The minimum atomic E-state index is -0.0616. The first-order chi connectivity index (χ1) is 9.93. The topological polar surface area (TPSA) is 52.6 Å². The van der Waals surface area contributed by atoms with Crippen LogP contribution in [0.1, 0.15) is 30.4 Å². The van der Waals surface area contributed by atoms with E-state index in [1.165, 1.54) is 0 Å². The molecule has 4 nitrogen and oxygen atoms in total. The van der Waals surface area contributed by atoms with E-state index < -0.39 is 0 Å². The molecular weight excluding hydrogens is 288 g/mol. The van der Waals surface area contributed by atoms with Gasteiger partial charge in [-0.25, -0.2) is 0 Å². The number of carbonyl (C=O) groups excluding carboxylic acids is 1. The Hall–Kier alpha value is -1.10. The van der Waals surface area contributed by atoms with Gasteiger partial charge < -0.3 is 10.4 Å². The lowest BCUT2D eigenvalue weighted by atomic mass is 10.1. The fraction of sp³-hybridized carbons (Fsp3) is 0.562. The number of carbonyl (C=O) groups is 1. The Bertz CT molecular complexity index is 454. The Labute approximate surface area is 132 Å². The highest BCUT2D eigenvalue weighted by Gasteiger charge is 2.11. The van der Waals surface area contributed by atoms with Crippen LogP contribution in [0.5, 0.6) is 0 Å². The van der Waals surface area contributed by atoms with E-state index in [0.29, 0.717) is 17.3 Å². The molecule has 0 saturated heterocycles. The number of rotatable bonds is 8. The van der Waals surface area contributed by atoms with E-state index in [4.69, 9.17) is 16.7 Å². The van der Waals surface area contributed by atoms with Crippen molar-refractivity contribution in [3.05, 3.63) is 28.3 Å². The zero-order valence-corrected chi connectivity index (χ0v) is 13.8. The number of amides is 1. The molecule has 0 aliphatic rings. The second-order valence-electron chi connectivity index (χ2n) is 5.51. The summed E-state index contributed by atoms with van der Waals surface area (Å²) in [6.45, 7) is 5.32. The van der Waals surface area contributed by atoms with Gasteiger partial charge >= 0.3 is 0 Å². The average Bonchev–Trinajstić information content (AvgIpc) is 2.39. The van der Waals surface area contributed by atoms with Crippen LogP contribution in [0.2, 0.25) is 5.02 Å². The summed E-state index contributed by atoms with van der Waals surface area (Å²) in [7, 11) is 1.92. The first-order valence-corrected chi connectivity index (χ1v) is 7.68. The number of halogens is 1. The molecule has 0 aromatic heterocycles. The Morgan fingerprint density at radius 1 is 1.29 bits per heavy atom. The number of aryl methyl sites for hydroxylation is 2. The van der Waals surface area contributed by atoms with Crippen molar-refractivity contribution in [3.8, 4) is 0 Å². The first kappa shape index (κ1) is 18.0. The van der Waals surface area contributed by atoms with E-state index in [0.717, 1.165) is 36.9 Å². The maximum atomic E-state index is 12.0. The molecule has 1 rings (SSSR count). The maximum Gasteiger partial charge on any atom is 0.238 e. The van der Waals surface area contributed by atoms with Gasteiger partial charge in [0, 0.05) is 6.61 Å². The summed E-state index contributed by atoms with van der Waals surface area (Å²) in [5.74, 6) is -0.0616. The highest BCUT2D eigenvalue weighted by Crippen LogP contribution is 2.27. The van der Waals surface area contributed by atoms with Gasteiger partial charge in [0.2, 0.25) is 5.91 Å². The lowest BCUT2D eigenvalue weighted by molar-refractivity contribution is -0.117. The molecule has 1 aromatic rings. The van der Waals surface area contributed by atoms with Crippen LogP contribution in [0.4, 0.5) is 5.69 Å². The molecule has 0 radical (unpaired) electrons. The summed E-state index contributed by atoms with van der Waals surface area (Å²) in [4.78, 5) is 14.0.